The zero-order valence-corrected chi connectivity index (χ0v) is 24.1. The first-order valence-electron chi connectivity index (χ1n) is 12.1. The minimum absolute atomic E-state index is 1.06. The SMILES string of the molecule is CC(C)C[P+](CC(C)C)(CC(C)C)C(F)(F)C(F)(F)C(F)(F)C(F)(F)C(F)(F)C(F)(F)C(F)(F)C(F)(F)C(F)(F)C(F)(F)F. The summed E-state index contributed by atoms with van der Waals surface area (Å²) in [5, 5.41) is 0. The quantitative estimate of drug-likeness (QED) is 0.117. The second kappa shape index (κ2) is 11.9. The fraction of sp³-hybridized carbons (Fsp3) is 1.00. The van der Waals surface area contributed by atoms with E-state index < -0.39 is 103 Å². The Hall–Kier alpha value is -1.04. The zero-order chi connectivity index (χ0) is 36.4. The Morgan fingerprint density at radius 2 is 0.500 bits per heavy atom. The Morgan fingerprint density at radius 3 is 0.682 bits per heavy atom. The van der Waals surface area contributed by atoms with Crippen molar-refractivity contribution in [3.05, 3.63) is 0 Å². The maximum absolute atomic E-state index is 15.6. The van der Waals surface area contributed by atoms with Crippen molar-refractivity contribution in [2.75, 3.05) is 18.5 Å². The van der Waals surface area contributed by atoms with Crippen LogP contribution in [0.1, 0.15) is 41.5 Å². The summed E-state index contributed by atoms with van der Waals surface area (Å²) >= 11 is 0. The molecule has 0 rings (SSSR count). The van der Waals surface area contributed by atoms with E-state index in [0.717, 1.165) is 41.5 Å². The summed E-state index contributed by atoms with van der Waals surface area (Å²) in [4.78, 5) is 0. The van der Waals surface area contributed by atoms with Crippen molar-refractivity contribution in [3.63, 3.8) is 0 Å². The fourth-order valence-corrected chi connectivity index (χ4v) is 10.6. The van der Waals surface area contributed by atoms with Crippen LogP contribution >= 0.6 is 7.26 Å². The van der Waals surface area contributed by atoms with Gasteiger partial charge in [-0.25, -0.2) is 0 Å². The highest BCUT2D eigenvalue weighted by molar-refractivity contribution is 7.77. The average molecular weight is 721 g/mol. The van der Waals surface area contributed by atoms with Crippen molar-refractivity contribution in [1.82, 2.24) is 0 Å². The van der Waals surface area contributed by atoms with E-state index in [1.54, 1.807) is 0 Å². The molecule has 0 aliphatic heterocycles. The van der Waals surface area contributed by atoms with Crippen LogP contribution in [-0.4, -0.2) is 77.7 Å². The minimum atomic E-state index is -9.16. The summed E-state index contributed by atoms with van der Waals surface area (Å²) in [5.74, 6) is -73.4. The predicted molar refractivity (Wildman–Crippen MR) is 117 cm³/mol. The summed E-state index contributed by atoms with van der Waals surface area (Å²) in [6.07, 6.45) is -11.4. The Bertz CT molecular complexity index is 950. The third-order valence-corrected chi connectivity index (χ3v) is 12.0. The molecule has 0 nitrogen and oxygen atoms in total. The molecule has 0 N–H and O–H groups in total. The normalized spacial score (nSPS) is 16.5. The van der Waals surface area contributed by atoms with Crippen LogP contribution in [0.3, 0.4) is 0 Å². The number of hydrogen-bond donors (Lipinski definition) is 0. The first-order chi connectivity index (χ1) is 18.7. The van der Waals surface area contributed by atoms with Gasteiger partial charge < -0.3 is 0 Å². The van der Waals surface area contributed by atoms with Gasteiger partial charge in [-0.3, -0.25) is 0 Å². The molecule has 0 fully saturated rings. The van der Waals surface area contributed by atoms with Crippen LogP contribution in [0.25, 0.3) is 0 Å². The van der Waals surface area contributed by atoms with Crippen LogP contribution in [0.2, 0.25) is 0 Å². The summed E-state index contributed by atoms with van der Waals surface area (Å²) in [6, 6.07) is 0. The Balaban J connectivity index is 7.58. The van der Waals surface area contributed by atoms with E-state index in [0.29, 0.717) is 0 Å². The molecule has 0 amide bonds. The van der Waals surface area contributed by atoms with Gasteiger partial charge in [0, 0.05) is 0 Å². The minimum Gasteiger partial charge on any atom is -0.192 e. The van der Waals surface area contributed by atoms with Crippen molar-refractivity contribution in [2.45, 2.75) is 101 Å². The molecule has 0 radical (unpaired) electrons. The fourth-order valence-electron chi connectivity index (χ4n) is 4.51. The second-order valence-electron chi connectivity index (χ2n) is 11.5. The molecule has 0 unspecified atom stereocenters. The van der Waals surface area contributed by atoms with E-state index in [1.807, 2.05) is 0 Å². The van der Waals surface area contributed by atoms with Crippen molar-refractivity contribution < 1.29 is 92.2 Å². The Labute approximate surface area is 237 Å². The van der Waals surface area contributed by atoms with E-state index in [2.05, 4.69) is 0 Å². The van der Waals surface area contributed by atoms with E-state index in [9.17, 15) is 83.4 Å². The largest absolute Gasteiger partial charge is 0.460 e. The standard InChI is InChI=1S/C22H27F21P/c1-10(2)7-44(8-11(3)4,9-12(5)6)22(42,43)20(37,38)18(33,34)16(29,30)14(25,26)13(23,24)15(27,28)17(31,32)19(35,36)21(39,40)41/h10-12H,7-9H2,1-6H3/q+1. The van der Waals surface area contributed by atoms with Crippen LogP contribution in [0.4, 0.5) is 92.2 Å². The van der Waals surface area contributed by atoms with E-state index >= 15 is 8.78 Å². The zero-order valence-electron chi connectivity index (χ0n) is 23.2. The number of hydrogen-bond acceptors (Lipinski definition) is 0. The molecule has 0 atom stereocenters. The van der Waals surface area contributed by atoms with Crippen molar-refractivity contribution in [2.24, 2.45) is 17.8 Å². The third kappa shape index (κ3) is 6.05. The lowest BCUT2D eigenvalue weighted by atomic mass is 9.87. The molecule has 0 aromatic carbocycles. The van der Waals surface area contributed by atoms with Gasteiger partial charge in [-0.05, 0) is 17.8 Å². The monoisotopic (exact) mass is 721 g/mol. The van der Waals surface area contributed by atoms with Crippen LogP contribution in [-0.2, 0) is 0 Å². The first kappa shape index (κ1) is 43.0. The van der Waals surface area contributed by atoms with Crippen LogP contribution in [0, 0.1) is 17.8 Å². The first-order valence-corrected chi connectivity index (χ1v) is 14.4. The smallest absolute Gasteiger partial charge is 0.192 e. The Kier molecular flexibility index (Phi) is 11.6. The van der Waals surface area contributed by atoms with Gasteiger partial charge in [-0.15, -0.1) is 0 Å². The van der Waals surface area contributed by atoms with Gasteiger partial charge in [-0.2, -0.15) is 92.2 Å². The molecule has 0 aliphatic carbocycles. The number of rotatable bonds is 15. The maximum Gasteiger partial charge on any atom is 0.460 e. The molecule has 0 heterocycles. The van der Waals surface area contributed by atoms with E-state index in [4.69, 9.17) is 0 Å². The van der Waals surface area contributed by atoms with E-state index in [1.165, 1.54) is 0 Å². The topological polar surface area (TPSA) is 0 Å². The highest BCUT2D eigenvalue weighted by Crippen LogP contribution is 2.79. The van der Waals surface area contributed by atoms with Gasteiger partial charge in [0.1, 0.15) is 0 Å². The molecule has 0 spiro atoms. The maximum atomic E-state index is 15.6. The van der Waals surface area contributed by atoms with Crippen LogP contribution in [0.5, 0.6) is 0 Å². The molecule has 22 heteroatoms. The van der Waals surface area contributed by atoms with Crippen LogP contribution < -0.4 is 0 Å². The number of alkyl halides is 21. The molecule has 0 aliphatic rings. The van der Waals surface area contributed by atoms with Gasteiger partial charge >= 0.3 is 59.2 Å². The highest BCUT2D eigenvalue weighted by Gasteiger charge is 2.99. The lowest BCUT2D eigenvalue weighted by molar-refractivity contribution is -0.472. The van der Waals surface area contributed by atoms with Gasteiger partial charge in [0.15, 0.2) is 0 Å². The summed E-state index contributed by atoms with van der Waals surface area (Å²) in [5.41, 5.74) is -6.51. The lowest BCUT2D eigenvalue weighted by Crippen LogP contribution is -2.77. The summed E-state index contributed by atoms with van der Waals surface area (Å²) in [6.45, 7) is 6.36. The molecule has 44 heavy (non-hydrogen) atoms. The summed E-state index contributed by atoms with van der Waals surface area (Å²) in [7, 11) is -5.17. The van der Waals surface area contributed by atoms with Crippen molar-refractivity contribution >= 4 is 7.26 Å². The Morgan fingerprint density at radius 1 is 0.318 bits per heavy atom. The molecular weight excluding hydrogens is 694 g/mol. The van der Waals surface area contributed by atoms with Gasteiger partial charge in [0.25, 0.3) is 0 Å². The summed E-state index contributed by atoms with van der Waals surface area (Å²) < 4.78 is 292. The van der Waals surface area contributed by atoms with Gasteiger partial charge in [-0.1, -0.05) is 41.5 Å². The molecular formula is C22H27F21P+. The van der Waals surface area contributed by atoms with Crippen molar-refractivity contribution in [1.29, 1.82) is 0 Å². The molecule has 0 aromatic rings. The molecule has 0 bridgehead atoms. The van der Waals surface area contributed by atoms with Crippen molar-refractivity contribution in [3.8, 4) is 0 Å². The molecule has 266 valence electrons. The average Bonchev–Trinajstić information content (AvgIpc) is 2.75. The molecule has 0 aromatic heterocycles. The van der Waals surface area contributed by atoms with Gasteiger partial charge in [0.2, 0.25) is 0 Å². The predicted octanol–water partition coefficient (Wildman–Crippen LogP) is 11.2. The molecule has 0 saturated heterocycles. The third-order valence-electron chi connectivity index (χ3n) is 6.23. The lowest BCUT2D eigenvalue weighted by Gasteiger charge is -2.46. The van der Waals surface area contributed by atoms with E-state index in [-0.39, 0.29) is 0 Å². The second-order valence-corrected chi connectivity index (χ2v) is 15.5. The van der Waals surface area contributed by atoms with Crippen LogP contribution in [0.15, 0.2) is 0 Å². The highest BCUT2D eigenvalue weighted by atomic mass is 31.2. The van der Waals surface area contributed by atoms with Gasteiger partial charge in [0.05, 0.1) is 25.7 Å². The molecule has 0 saturated carbocycles. The number of halogens is 21.